The van der Waals surface area contributed by atoms with Crippen LogP contribution in [0.5, 0.6) is 0 Å². The fraction of sp³-hybridized carbons (Fsp3) is 0.714. The van der Waals surface area contributed by atoms with Gasteiger partial charge in [0.1, 0.15) is 0 Å². The highest BCUT2D eigenvalue weighted by Gasteiger charge is 2.47. The van der Waals surface area contributed by atoms with Gasteiger partial charge in [-0.05, 0) is 6.92 Å². The summed E-state index contributed by atoms with van der Waals surface area (Å²) in [4.78, 5) is 20.9. The molecule has 0 saturated heterocycles. The number of carboxylic acid groups (broad SMARTS) is 1. The predicted molar refractivity (Wildman–Crippen MR) is 38.5 cm³/mol. The van der Waals surface area contributed by atoms with E-state index in [1.807, 2.05) is 0 Å². The fourth-order valence-corrected chi connectivity index (χ4v) is 0.855. The van der Waals surface area contributed by atoms with Crippen molar-refractivity contribution >= 4 is 11.9 Å². The topological polar surface area (TPSA) is 63.6 Å². The van der Waals surface area contributed by atoms with Gasteiger partial charge in [0.25, 0.3) is 0 Å². The number of hydrogen-bond acceptors (Lipinski definition) is 3. The molecule has 0 spiro atoms. The maximum atomic E-state index is 11.9. The number of carboxylic acids is 1. The predicted octanol–water partition coefficient (Wildman–Crippen LogP) is 1.35. The van der Waals surface area contributed by atoms with Crippen molar-refractivity contribution in [2.24, 2.45) is 0 Å². The normalized spacial score (nSPS) is 15.8. The molecule has 0 fully saturated rings. The van der Waals surface area contributed by atoms with Crippen LogP contribution in [0, 0.1) is 0 Å². The van der Waals surface area contributed by atoms with Crippen LogP contribution in [0.1, 0.15) is 20.3 Å². The van der Waals surface area contributed by atoms with E-state index < -0.39 is 30.1 Å². The first-order chi connectivity index (χ1) is 6.07. The maximum Gasteiger partial charge on any atom is 0.393 e. The lowest BCUT2D eigenvalue weighted by Gasteiger charge is -2.25. The Bertz CT molecular complexity index is 248. The van der Waals surface area contributed by atoms with Crippen molar-refractivity contribution < 1.29 is 32.6 Å². The number of carbonyl (C=O) groups is 2. The molecule has 0 heterocycles. The molecule has 4 nitrogen and oxygen atoms in total. The summed E-state index contributed by atoms with van der Waals surface area (Å²) in [6, 6.07) is 0. The molecule has 1 N–H and O–H groups in total. The van der Waals surface area contributed by atoms with E-state index in [2.05, 4.69) is 4.74 Å². The largest absolute Gasteiger partial charge is 0.478 e. The van der Waals surface area contributed by atoms with Crippen molar-refractivity contribution in [3.05, 3.63) is 0 Å². The van der Waals surface area contributed by atoms with Crippen LogP contribution in [0.4, 0.5) is 13.2 Å². The molecule has 0 aromatic carbocycles. The van der Waals surface area contributed by atoms with Crippen molar-refractivity contribution in [3.8, 4) is 0 Å². The highest BCUT2D eigenvalue weighted by Crippen LogP contribution is 2.30. The quantitative estimate of drug-likeness (QED) is 0.720. The Morgan fingerprint density at radius 2 is 1.79 bits per heavy atom. The summed E-state index contributed by atoms with van der Waals surface area (Å²) in [6.45, 7) is 1.54. The van der Waals surface area contributed by atoms with Gasteiger partial charge >= 0.3 is 18.1 Å². The van der Waals surface area contributed by atoms with E-state index in [-0.39, 0.29) is 0 Å². The van der Waals surface area contributed by atoms with Gasteiger partial charge in [0.05, 0.1) is 6.42 Å². The molecular formula is C7H9F3O4. The van der Waals surface area contributed by atoms with E-state index in [1.165, 1.54) is 0 Å². The fourth-order valence-electron chi connectivity index (χ4n) is 0.855. The molecule has 0 aliphatic heterocycles. The van der Waals surface area contributed by atoms with Gasteiger partial charge in [0, 0.05) is 6.92 Å². The molecule has 7 heteroatoms. The van der Waals surface area contributed by atoms with E-state index in [1.54, 1.807) is 0 Å². The Morgan fingerprint density at radius 3 is 2.00 bits per heavy atom. The van der Waals surface area contributed by atoms with E-state index in [0.717, 1.165) is 6.92 Å². The monoisotopic (exact) mass is 214 g/mol. The molecule has 0 saturated carbocycles. The van der Waals surface area contributed by atoms with E-state index in [4.69, 9.17) is 5.11 Å². The van der Waals surface area contributed by atoms with Gasteiger partial charge in [0.2, 0.25) is 5.60 Å². The van der Waals surface area contributed by atoms with Crippen LogP contribution >= 0.6 is 0 Å². The average Bonchev–Trinajstić information content (AvgIpc) is 1.79. The van der Waals surface area contributed by atoms with Crippen molar-refractivity contribution in [1.29, 1.82) is 0 Å². The summed E-state index contributed by atoms with van der Waals surface area (Å²) in [6.07, 6.45) is -6.42. The molecule has 14 heavy (non-hydrogen) atoms. The Balaban J connectivity index is 4.73. The van der Waals surface area contributed by atoms with Crippen molar-refractivity contribution in [1.82, 2.24) is 0 Å². The Kier molecular flexibility index (Phi) is 3.50. The second-order valence-corrected chi connectivity index (χ2v) is 2.92. The van der Waals surface area contributed by atoms with Gasteiger partial charge in [0.15, 0.2) is 0 Å². The van der Waals surface area contributed by atoms with Gasteiger partial charge in [-0.2, -0.15) is 13.2 Å². The number of hydrogen-bond donors (Lipinski definition) is 1. The molecule has 0 aliphatic rings. The molecule has 0 amide bonds. The number of alkyl halides is 3. The highest BCUT2D eigenvalue weighted by atomic mass is 19.4. The van der Waals surface area contributed by atoms with Crippen LogP contribution < -0.4 is 0 Å². The smallest absolute Gasteiger partial charge is 0.393 e. The number of esters is 1. The van der Waals surface area contributed by atoms with E-state index >= 15 is 0 Å². The molecule has 0 aromatic heterocycles. The molecule has 0 aromatic rings. The molecule has 1 unspecified atom stereocenters. The summed E-state index contributed by atoms with van der Waals surface area (Å²) >= 11 is 0. The van der Waals surface area contributed by atoms with Gasteiger partial charge < -0.3 is 9.84 Å². The summed E-state index contributed by atoms with van der Waals surface area (Å²) < 4.78 is 39.8. The highest BCUT2D eigenvalue weighted by molar-refractivity contribution is 5.80. The van der Waals surface area contributed by atoms with Crippen LogP contribution in [0.2, 0.25) is 0 Å². The van der Waals surface area contributed by atoms with Crippen LogP contribution in [-0.2, 0) is 14.3 Å². The number of aliphatic carboxylic acids is 1. The van der Waals surface area contributed by atoms with Crippen LogP contribution in [-0.4, -0.2) is 28.8 Å². The van der Waals surface area contributed by atoms with Gasteiger partial charge in [-0.25, -0.2) is 4.79 Å². The first-order valence-electron chi connectivity index (χ1n) is 3.56. The minimum absolute atomic E-state index is 0.699. The Labute approximate surface area is 77.7 Å². The Morgan fingerprint density at radius 1 is 1.36 bits per heavy atom. The second-order valence-electron chi connectivity index (χ2n) is 2.92. The maximum absolute atomic E-state index is 11.9. The van der Waals surface area contributed by atoms with E-state index in [9.17, 15) is 22.8 Å². The lowest BCUT2D eigenvalue weighted by atomic mass is 10.0. The minimum Gasteiger partial charge on any atom is -0.478 e. The summed E-state index contributed by atoms with van der Waals surface area (Å²) in [5.41, 5.74) is -2.55. The zero-order valence-corrected chi connectivity index (χ0v) is 7.51. The lowest BCUT2D eigenvalue weighted by Crippen LogP contribution is -2.43. The van der Waals surface area contributed by atoms with Gasteiger partial charge in [-0.3, -0.25) is 4.79 Å². The average molecular weight is 214 g/mol. The third kappa shape index (κ3) is 4.11. The summed E-state index contributed by atoms with van der Waals surface area (Å²) in [5, 5.41) is 8.47. The first-order valence-corrected chi connectivity index (χ1v) is 3.56. The SMILES string of the molecule is CC(=O)OC(C)(CC(F)(F)F)C(=O)O. The molecule has 1 atom stereocenters. The first kappa shape index (κ1) is 12.7. The lowest BCUT2D eigenvalue weighted by molar-refractivity contribution is -0.203. The standard InChI is InChI=1S/C7H9F3O4/c1-4(11)14-6(2,5(12)13)3-7(8,9)10/h3H2,1-2H3,(H,12,13). The van der Waals surface area contributed by atoms with Crippen molar-refractivity contribution in [3.63, 3.8) is 0 Å². The van der Waals surface area contributed by atoms with E-state index in [0.29, 0.717) is 6.92 Å². The van der Waals surface area contributed by atoms with Crippen molar-refractivity contribution in [2.75, 3.05) is 0 Å². The van der Waals surface area contributed by atoms with Crippen molar-refractivity contribution in [2.45, 2.75) is 32.0 Å². The third-order valence-corrected chi connectivity index (χ3v) is 1.36. The number of rotatable bonds is 3. The number of halogens is 3. The molecule has 0 radical (unpaired) electrons. The van der Waals surface area contributed by atoms with Crippen LogP contribution in [0.3, 0.4) is 0 Å². The number of carbonyl (C=O) groups excluding carboxylic acids is 1. The summed E-state index contributed by atoms with van der Waals surface area (Å²) in [5.74, 6) is -2.90. The molecule has 0 rings (SSSR count). The third-order valence-electron chi connectivity index (χ3n) is 1.36. The zero-order valence-electron chi connectivity index (χ0n) is 7.51. The summed E-state index contributed by atoms with van der Waals surface area (Å²) in [7, 11) is 0. The second kappa shape index (κ2) is 3.85. The van der Waals surface area contributed by atoms with Gasteiger partial charge in [-0.1, -0.05) is 0 Å². The Hall–Kier alpha value is -1.27. The van der Waals surface area contributed by atoms with Crippen LogP contribution in [0.15, 0.2) is 0 Å². The van der Waals surface area contributed by atoms with Gasteiger partial charge in [-0.15, -0.1) is 0 Å². The molecule has 0 aliphatic carbocycles. The number of ether oxygens (including phenoxy) is 1. The molecular weight excluding hydrogens is 205 g/mol. The zero-order chi connectivity index (χ0) is 11.6. The van der Waals surface area contributed by atoms with Crippen LogP contribution in [0.25, 0.3) is 0 Å². The minimum atomic E-state index is -4.71. The molecule has 0 bridgehead atoms. The molecule has 82 valence electrons.